The van der Waals surface area contributed by atoms with E-state index < -0.39 is 17.7 Å². The minimum atomic E-state index is -0.887. The molecule has 0 saturated heterocycles. The molecular formula is C27H33NO7. The van der Waals surface area contributed by atoms with Crippen molar-refractivity contribution in [2.75, 3.05) is 40.5 Å². The van der Waals surface area contributed by atoms with E-state index in [1.54, 1.807) is 24.3 Å². The molecule has 1 atom stereocenters. The Hall–Kier alpha value is -3.65. The lowest BCUT2D eigenvalue weighted by Gasteiger charge is -2.35. The SMILES string of the molecule is C=C(C)C(=O)OCCOC(=O)OCCOc1ccc(C(=O)C(C)(Cc2ccccc2)N(C)C)cc1. The molecule has 0 heterocycles. The highest BCUT2D eigenvalue weighted by molar-refractivity contribution is 6.03. The van der Waals surface area contributed by atoms with E-state index in [-0.39, 0.29) is 37.8 Å². The van der Waals surface area contributed by atoms with Crippen molar-refractivity contribution in [3.63, 3.8) is 0 Å². The lowest BCUT2D eigenvalue weighted by atomic mass is 9.84. The second-order valence-corrected chi connectivity index (χ2v) is 8.40. The number of benzene rings is 2. The van der Waals surface area contributed by atoms with Crippen LogP contribution in [0.4, 0.5) is 4.79 Å². The highest BCUT2D eigenvalue weighted by Gasteiger charge is 2.36. The minimum Gasteiger partial charge on any atom is -0.490 e. The van der Waals surface area contributed by atoms with Gasteiger partial charge in [0.1, 0.15) is 32.2 Å². The minimum absolute atomic E-state index is 0.0120. The Morgan fingerprint density at radius 1 is 0.857 bits per heavy atom. The number of nitrogens with zero attached hydrogens (tertiary/aromatic N) is 1. The van der Waals surface area contributed by atoms with Crippen molar-refractivity contribution in [3.8, 4) is 5.75 Å². The van der Waals surface area contributed by atoms with Crippen molar-refractivity contribution in [3.05, 3.63) is 77.9 Å². The van der Waals surface area contributed by atoms with Crippen LogP contribution in [0.3, 0.4) is 0 Å². The van der Waals surface area contributed by atoms with Crippen LogP contribution >= 0.6 is 0 Å². The van der Waals surface area contributed by atoms with E-state index in [2.05, 4.69) is 6.58 Å². The maximum absolute atomic E-state index is 13.4. The van der Waals surface area contributed by atoms with Gasteiger partial charge >= 0.3 is 12.1 Å². The Morgan fingerprint density at radius 3 is 2.00 bits per heavy atom. The van der Waals surface area contributed by atoms with E-state index in [9.17, 15) is 14.4 Å². The number of carbonyl (C=O) groups is 3. The predicted octanol–water partition coefficient (Wildman–Crippen LogP) is 4.08. The van der Waals surface area contributed by atoms with E-state index in [4.69, 9.17) is 18.9 Å². The summed E-state index contributed by atoms with van der Waals surface area (Å²) in [4.78, 5) is 38.0. The van der Waals surface area contributed by atoms with Gasteiger partial charge in [-0.05, 0) is 64.2 Å². The summed E-state index contributed by atoms with van der Waals surface area (Å²) in [6.07, 6.45) is -0.302. The molecule has 188 valence electrons. The second-order valence-electron chi connectivity index (χ2n) is 8.40. The molecule has 0 bridgehead atoms. The molecule has 1 unspecified atom stereocenters. The van der Waals surface area contributed by atoms with Crippen LogP contribution in [0.5, 0.6) is 5.75 Å². The Balaban J connectivity index is 1.79. The summed E-state index contributed by atoms with van der Waals surface area (Å²) >= 11 is 0. The number of likely N-dealkylation sites (N-methyl/N-ethyl adjacent to an activating group) is 1. The molecule has 0 amide bonds. The molecule has 8 nitrogen and oxygen atoms in total. The first-order valence-electron chi connectivity index (χ1n) is 11.2. The Morgan fingerprint density at radius 2 is 1.43 bits per heavy atom. The standard InChI is InChI=1S/C27H33NO7/c1-20(2)25(30)33-16-18-35-26(31)34-17-15-32-23-13-11-22(12-14-23)24(29)27(3,28(4)5)19-21-9-7-6-8-10-21/h6-14H,1,15-19H2,2-5H3. The maximum Gasteiger partial charge on any atom is 0.508 e. The van der Waals surface area contributed by atoms with Crippen LogP contribution in [-0.4, -0.2) is 68.9 Å². The Labute approximate surface area is 206 Å². The third-order valence-corrected chi connectivity index (χ3v) is 5.44. The molecular weight excluding hydrogens is 450 g/mol. The average molecular weight is 484 g/mol. The summed E-state index contributed by atoms with van der Waals surface area (Å²) in [6, 6.07) is 16.8. The van der Waals surface area contributed by atoms with Gasteiger partial charge in [0.15, 0.2) is 5.78 Å². The van der Waals surface area contributed by atoms with Crippen LogP contribution in [-0.2, 0) is 25.4 Å². The summed E-state index contributed by atoms with van der Waals surface area (Å²) < 4.78 is 20.1. The van der Waals surface area contributed by atoms with E-state index in [1.807, 2.05) is 56.3 Å². The number of esters is 1. The maximum atomic E-state index is 13.4. The third-order valence-electron chi connectivity index (χ3n) is 5.44. The van der Waals surface area contributed by atoms with E-state index >= 15 is 0 Å². The lowest BCUT2D eigenvalue weighted by Crippen LogP contribution is -2.50. The quantitative estimate of drug-likeness (QED) is 0.182. The summed E-state index contributed by atoms with van der Waals surface area (Å²) in [5, 5.41) is 0. The number of hydrogen-bond acceptors (Lipinski definition) is 8. The number of rotatable bonds is 13. The fourth-order valence-corrected chi connectivity index (χ4v) is 3.16. The number of hydrogen-bond donors (Lipinski definition) is 0. The van der Waals surface area contributed by atoms with Gasteiger partial charge in [-0.25, -0.2) is 9.59 Å². The van der Waals surface area contributed by atoms with Gasteiger partial charge in [0, 0.05) is 11.1 Å². The van der Waals surface area contributed by atoms with Crippen LogP contribution in [0, 0.1) is 0 Å². The molecule has 0 aromatic heterocycles. The first kappa shape index (κ1) is 27.6. The molecule has 0 aliphatic rings. The molecule has 35 heavy (non-hydrogen) atoms. The first-order valence-corrected chi connectivity index (χ1v) is 11.2. The van der Waals surface area contributed by atoms with Gasteiger partial charge in [-0.15, -0.1) is 0 Å². The normalized spacial score (nSPS) is 12.4. The van der Waals surface area contributed by atoms with Crippen molar-refractivity contribution in [1.82, 2.24) is 4.90 Å². The van der Waals surface area contributed by atoms with E-state index in [0.717, 1.165) is 5.56 Å². The molecule has 0 N–H and O–H groups in total. The number of ketones is 1. The fourth-order valence-electron chi connectivity index (χ4n) is 3.16. The Kier molecular flexibility index (Phi) is 10.5. The molecule has 8 heteroatoms. The van der Waals surface area contributed by atoms with Gasteiger partial charge in [0.05, 0.1) is 5.54 Å². The predicted molar refractivity (Wildman–Crippen MR) is 132 cm³/mol. The van der Waals surface area contributed by atoms with Crippen molar-refractivity contribution in [2.24, 2.45) is 0 Å². The van der Waals surface area contributed by atoms with Crippen molar-refractivity contribution in [1.29, 1.82) is 0 Å². The van der Waals surface area contributed by atoms with Gasteiger partial charge in [0.2, 0.25) is 0 Å². The van der Waals surface area contributed by atoms with Crippen molar-refractivity contribution in [2.45, 2.75) is 25.8 Å². The third kappa shape index (κ3) is 8.57. The molecule has 2 rings (SSSR count). The smallest absolute Gasteiger partial charge is 0.490 e. The zero-order chi connectivity index (χ0) is 25.8. The largest absolute Gasteiger partial charge is 0.508 e. The van der Waals surface area contributed by atoms with Gasteiger partial charge < -0.3 is 18.9 Å². The van der Waals surface area contributed by atoms with E-state index in [1.165, 1.54) is 6.92 Å². The van der Waals surface area contributed by atoms with Crippen LogP contribution < -0.4 is 4.74 Å². The highest BCUT2D eigenvalue weighted by atomic mass is 16.7. The second kappa shape index (κ2) is 13.3. The van der Waals surface area contributed by atoms with Crippen molar-refractivity contribution < 1.29 is 33.3 Å². The zero-order valence-corrected chi connectivity index (χ0v) is 20.7. The molecule has 0 aliphatic carbocycles. The molecule has 0 aliphatic heterocycles. The van der Waals surface area contributed by atoms with Gasteiger partial charge in [0.25, 0.3) is 0 Å². The molecule has 2 aromatic rings. The monoisotopic (exact) mass is 483 g/mol. The molecule has 0 radical (unpaired) electrons. The summed E-state index contributed by atoms with van der Waals surface area (Å²) in [6.45, 7) is 6.79. The number of Topliss-reactive ketones (excluding diaryl/α,β-unsaturated/α-hetero) is 1. The van der Waals surface area contributed by atoms with Crippen molar-refractivity contribution >= 4 is 17.9 Å². The summed E-state index contributed by atoms with van der Waals surface area (Å²) in [5.41, 5.74) is 1.22. The van der Waals surface area contributed by atoms with Gasteiger partial charge in [-0.3, -0.25) is 9.69 Å². The zero-order valence-electron chi connectivity index (χ0n) is 20.7. The lowest BCUT2D eigenvalue weighted by molar-refractivity contribution is -0.140. The van der Waals surface area contributed by atoms with Gasteiger partial charge in [-0.1, -0.05) is 36.9 Å². The molecule has 0 fully saturated rings. The number of carbonyl (C=O) groups excluding carboxylic acids is 3. The topological polar surface area (TPSA) is 91.4 Å². The van der Waals surface area contributed by atoms with E-state index in [0.29, 0.717) is 17.7 Å². The van der Waals surface area contributed by atoms with Gasteiger partial charge in [-0.2, -0.15) is 0 Å². The highest BCUT2D eigenvalue weighted by Crippen LogP contribution is 2.25. The van der Waals surface area contributed by atoms with Crippen LogP contribution in [0.15, 0.2) is 66.7 Å². The van der Waals surface area contributed by atoms with Crippen LogP contribution in [0.1, 0.15) is 29.8 Å². The number of ether oxygens (including phenoxy) is 4. The molecule has 0 spiro atoms. The first-order chi connectivity index (χ1) is 16.6. The summed E-state index contributed by atoms with van der Waals surface area (Å²) in [5.74, 6) is 0.00312. The Bertz CT molecular complexity index is 1000. The average Bonchev–Trinajstić information content (AvgIpc) is 2.84. The van der Waals surface area contributed by atoms with Crippen LogP contribution in [0.2, 0.25) is 0 Å². The van der Waals surface area contributed by atoms with Crippen LogP contribution in [0.25, 0.3) is 0 Å². The summed E-state index contributed by atoms with van der Waals surface area (Å²) in [7, 11) is 3.80. The fraction of sp³-hybridized carbons (Fsp3) is 0.370. The molecule has 0 saturated carbocycles. The molecule has 2 aromatic carbocycles.